The predicted octanol–water partition coefficient (Wildman–Crippen LogP) is 3.82. The van der Waals surface area contributed by atoms with Gasteiger partial charge < -0.3 is 19.1 Å². The van der Waals surface area contributed by atoms with Crippen LogP contribution in [0.15, 0.2) is 48.5 Å². The average Bonchev–Trinajstić information content (AvgIpc) is 3.26. The predicted molar refractivity (Wildman–Crippen MR) is 125 cm³/mol. The van der Waals surface area contributed by atoms with Gasteiger partial charge in [0.25, 0.3) is 0 Å². The lowest BCUT2D eigenvalue weighted by Gasteiger charge is -2.17. The summed E-state index contributed by atoms with van der Waals surface area (Å²) in [7, 11) is 1.50. The minimum absolute atomic E-state index is 0.00654. The number of nitrogens with zero attached hydrogens (tertiary/aromatic N) is 1. The second-order valence-electron chi connectivity index (χ2n) is 8.06. The highest BCUT2D eigenvalue weighted by molar-refractivity contribution is 6.01. The number of amides is 1. The summed E-state index contributed by atoms with van der Waals surface area (Å²) in [4.78, 5) is 50.9. The van der Waals surface area contributed by atoms with Crippen molar-refractivity contribution in [3.05, 3.63) is 59.7 Å². The topological polar surface area (TPSA) is 99.2 Å². The maximum absolute atomic E-state index is 12.5. The van der Waals surface area contributed by atoms with Crippen LogP contribution in [0.2, 0.25) is 0 Å². The van der Waals surface area contributed by atoms with E-state index in [1.54, 1.807) is 48.5 Å². The van der Waals surface area contributed by atoms with Gasteiger partial charge in [-0.2, -0.15) is 0 Å². The summed E-state index contributed by atoms with van der Waals surface area (Å²) < 4.78 is 15.5. The van der Waals surface area contributed by atoms with E-state index < -0.39 is 24.5 Å². The summed E-state index contributed by atoms with van der Waals surface area (Å²) in [6.45, 7) is 2.19. The molecule has 1 fully saturated rings. The first-order valence-electron chi connectivity index (χ1n) is 11.3. The van der Waals surface area contributed by atoms with E-state index >= 15 is 0 Å². The van der Waals surface area contributed by atoms with E-state index in [2.05, 4.69) is 6.92 Å². The van der Waals surface area contributed by atoms with Gasteiger partial charge in [-0.3, -0.25) is 14.4 Å². The monoisotopic (exact) mass is 467 g/mol. The number of ether oxygens (including phenoxy) is 3. The number of hydrogen-bond acceptors (Lipinski definition) is 7. The molecule has 3 rings (SSSR count). The van der Waals surface area contributed by atoms with E-state index in [1.807, 2.05) is 0 Å². The van der Waals surface area contributed by atoms with Crippen LogP contribution in [0.1, 0.15) is 53.3 Å². The summed E-state index contributed by atoms with van der Waals surface area (Å²) in [5, 5.41) is 0. The molecule has 0 aliphatic carbocycles. The lowest BCUT2D eigenvalue weighted by atomic mass is 10.1. The fraction of sp³-hybridized carbons (Fsp3) is 0.385. The van der Waals surface area contributed by atoms with Crippen molar-refractivity contribution >= 4 is 29.3 Å². The number of anilines is 1. The molecule has 1 amide bonds. The third-order valence-electron chi connectivity index (χ3n) is 5.59. The number of methoxy groups -OCH3 is 1. The molecule has 0 spiro atoms. The van der Waals surface area contributed by atoms with Gasteiger partial charge in [0.15, 0.2) is 12.4 Å². The van der Waals surface area contributed by atoms with Crippen LogP contribution in [0.25, 0.3) is 0 Å². The number of ketones is 1. The molecule has 2 aromatic rings. The van der Waals surface area contributed by atoms with Crippen molar-refractivity contribution in [2.24, 2.45) is 5.92 Å². The van der Waals surface area contributed by atoms with Crippen LogP contribution in [-0.2, 0) is 19.1 Å². The van der Waals surface area contributed by atoms with Crippen LogP contribution >= 0.6 is 0 Å². The SMILES string of the molecule is CCCCCOC(=O)c1ccc(N2C[C@H](C(=O)OCC(=O)c3cccc(OC)c3)CC2=O)cc1. The van der Waals surface area contributed by atoms with Gasteiger partial charge in [-0.15, -0.1) is 0 Å². The summed E-state index contributed by atoms with van der Waals surface area (Å²) in [5.41, 5.74) is 1.36. The first-order chi connectivity index (χ1) is 16.4. The molecule has 0 bridgehead atoms. The van der Waals surface area contributed by atoms with Gasteiger partial charge in [-0.05, 0) is 42.8 Å². The third-order valence-corrected chi connectivity index (χ3v) is 5.59. The number of carbonyl (C=O) groups is 4. The fourth-order valence-corrected chi connectivity index (χ4v) is 3.63. The largest absolute Gasteiger partial charge is 0.497 e. The van der Waals surface area contributed by atoms with Gasteiger partial charge in [0, 0.05) is 24.2 Å². The lowest BCUT2D eigenvalue weighted by molar-refractivity contribution is -0.147. The third kappa shape index (κ3) is 6.43. The minimum Gasteiger partial charge on any atom is -0.497 e. The van der Waals surface area contributed by atoms with E-state index in [-0.39, 0.29) is 24.7 Å². The minimum atomic E-state index is -0.672. The highest BCUT2D eigenvalue weighted by Gasteiger charge is 2.36. The quantitative estimate of drug-likeness (QED) is 0.281. The van der Waals surface area contributed by atoms with Gasteiger partial charge in [-0.1, -0.05) is 31.9 Å². The summed E-state index contributed by atoms with van der Waals surface area (Å²) >= 11 is 0. The summed E-state index contributed by atoms with van der Waals surface area (Å²) in [5.74, 6) is -1.72. The zero-order chi connectivity index (χ0) is 24.5. The van der Waals surface area contributed by atoms with Crippen LogP contribution in [0.4, 0.5) is 5.69 Å². The van der Waals surface area contributed by atoms with E-state index in [9.17, 15) is 19.2 Å². The maximum atomic E-state index is 12.5. The number of carbonyl (C=O) groups excluding carboxylic acids is 4. The molecule has 1 heterocycles. The van der Waals surface area contributed by atoms with Crippen molar-refractivity contribution in [3.8, 4) is 5.75 Å². The second kappa shape index (κ2) is 12.0. The number of hydrogen-bond donors (Lipinski definition) is 0. The molecule has 0 aromatic heterocycles. The van der Waals surface area contributed by atoms with Crippen LogP contribution in [0.5, 0.6) is 5.75 Å². The number of Topliss-reactive ketones (excluding diaryl/α,β-unsaturated/α-hetero) is 1. The Balaban J connectivity index is 1.52. The van der Waals surface area contributed by atoms with E-state index in [0.717, 1.165) is 19.3 Å². The van der Waals surface area contributed by atoms with Crippen LogP contribution < -0.4 is 9.64 Å². The smallest absolute Gasteiger partial charge is 0.338 e. The van der Waals surface area contributed by atoms with Gasteiger partial charge in [0.1, 0.15) is 5.75 Å². The molecule has 1 saturated heterocycles. The normalized spacial score (nSPS) is 15.2. The Bertz CT molecular complexity index is 1030. The Hall–Kier alpha value is -3.68. The number of esters is 2. The van der Waals surface area contributed by atoms with E-state index in [4.69, 9.17) is 14.2 Å². The first kappa shape index (κ1) is 25.0. The van der Waals surface area contributed by atoms with Crippen molar-refractivity contribution in [1.29, 1.82) is 0 Å². The van der Waals surface area contributed by atoms with Crippen LogP contribution in [-0.4, -0.2) is 50.5 Å². The number of unbranched alkanes of at least 4 members (excludes halogenated alkanes) is 2. The molecular formula is C26H29NO7. The maximum Gasteiger partial charge on any atom is 0.338 e. The summed E-state index contributed by atoms with van der Waals surface area (Å²) in [6, 6.07) is 13.1. The van der Waals surface area contributed by atoms with Crippen molar-refractivity contribution in [1.82, 2.24) is 0 Å². The molecule has 1 aliphatic rings. The van der Waals surface area contributed by atoms with Gasteiger partial charge in [0.05, 0.1) is 25.2 Å². The Morgan fingerprint density at radius 3 is 2.47 bits per heavy atom. The lowest BCUT2D eigenvalue weighted by Crippen LogP contribution is -2.27. The highest BCUT2D eigenvalue weighted by Crippen LogP contribution is 2.26. The Labute approximate surface area is 198 Å². The van der Waals surface area contributed by atoms with Gasteiger partial charge >= 0.3 is 11.9 Å². The van der Waals surface area contributed by atoms with E-state index in [0.29, 0.717) is 29.2 Å². The van der Waals surface area contributed by atoms with Crippen LogP contribution in [0, 0.1) is 5.92 Å². The fourth-order valence-electron chi connectivity index (χ4n) is 3.63. The number of benzene rings is 2. The zero-order valence-electron chi connectivity index (χ0n) is 19.5. The molecule has 0 N–H and O–H groups in total. The van der Waals surface area contributed by atoms with Gasteiger partial charge in [0.2, 0.25) is 5.91 Å². The van der Waals surface area contributed by atoms with Crippen molar-refractivity contribution < 1.29 is 33.4 Å². The molecule has 0 unspecified atom stereocenters. The molecule has 8 nitrogen and oxygen atoms in total. The zero-order valence-corrected chi connectivity index (χ0v) is 19.5. The molecule has 180 valence electrons. The molecule has 8 heteroatoms. The van der Waals surface area contributed by atoms with Gasteiger partial charge in [-0.25, -0.2) is 4.79 Å². The Kier molecular flexibility index (Phi) is 8.79. The van der Waals surface area contributed by atoms with E-state index in [1.165, 1.54) is 12.0 Å². The summed E-state index contributed by atoms with van der Waals surface area (Å²) in [6.07, 6.45) is 2.86. The second-order valence-corrected chi connectivity index (χ2v) is 8.06. The first-order valence-corrected chi connectivity index (χ1v) is 11.3. The molecule has 0 saturated carbocycles. The molecule has 2 aromatic carbocycles. The Morgan fingerprint density at radius 2 is 1.76 bits per heavy atom. The van der Waals surface area contributed by atoms with Crippen molar-refractivity contribution in [2.75, 3.05) is 31.8 Å². The van der Waals surface area contributed by atoms with Crippen LogP contribution in [0.3, 0.4) is 0 Å². The van der Waals surface area contributed by atoms with Crippen molar-refractivity contribution in [2.45, 2.75) is 32.6 Å². The highest BCUT2D eigenvalue weighted by atomic mass is 16.5. The molecule has 1 aliphatic heterocycles. The standard InChI is InChI=1S/C26H29NO7/c1-3-4-5-13-33-25(30)18-9-11-21(12-10-18)27-16-20(15-24(27)29)26(31)34-17-23(28)19-7-6-8-22(14-19)32-2/h6-12,14,20H,3-5,13,15-17H2,1-2H3/t20-/m1/s1. The Morgan fingerprint density at radius 1 is 1.00 bits per heavy atom. The molecular weight excluding hydrogens is 438 g/mol. The molecule has 1 atom stereocenters. The molecule has 0 radical (unpaired) electrons. The molecule has 34 heavy (non-hydrogen) atoms. The number of rotatable bonds is 11. The van der Waals surface area contributed by atoms with Crippen molar-refractivity contribution in [3.63, 3.8) is 0 Å². The average molecular weight is 468 g/mol.